The van der Waals surface area contributed by atoms with Crippen molar-refractivity contribution in [3.05, 3.63) is 50.5 Å². The predicted octanol–water partition coefficient (Wildman–Crippen LogP) is 4.75. The summed E-state index contributed by atoms with van der Waals surface area (Å²) in [4.78, 5) is 35.6. The molecule has 1 aromatic rings. The van der Waals surface area contributed by atoms with Gasteiger partial charge in [0.2, 0.25) is 11.6 Å². The van der Waals surface area contributed by atoms with Crippen LogP contribution in [0, 0.1) is 34.5 Å². The second kappa shape index (κ2) is 13.6. The minimum absolute atomic E-state index is 0.0692. The molecule has 0 radical (unpaired) electrons. The maximum absolute atomic E-state index is 14.8. The molecule has 1 rings (SSSR count). The summed E-state index contributed by atoms with van der Waals surface area (Å²) in [6.07, 6.45) is 4.74. The number of halogens is 3. The van der Waals surface area contributed by atoms with Crippen molar-refractivity contribution in [3.8, 4) is 0 Å². The Balaban J connectivity index is 3.55. The Labute approximate surface area is 190 Å². The van der Waals surface area contributed by atoms with Crippen LogP contribution < -0.4 is 5.43 Å². The van der Waals surface area contributed by atoms with E-state index in [2.05, 4.69) is 5.43 Å². The third-order valence-corrected chi connectivity index (χ3v) is 4.78. The number of ketones is 1. The molecule has 0 atom stereocenters. The molecule has 1 aromatic carbocycles. The van der Waals surface area contributed by atoms with E-state index in [1.54, 1.807) is 11.9 Å². The van der Waals surface area contributed by atoms with E-state index in [0.29, 0.717) is 19.5 Å². The molecule has 1 N–H and O–H groups in total. The number of nitrogens with zero attached hydrogens (tertiary/aromatic N) is 2. The Morgan fingerprint density at radius 3 is 2.09 bits per heavy atom. The number of hydrazine groups is 1. The van der Waals surface area contributed by atoms with Crippen molar-refractivity contribution in [2.45, 2.75) is 59.8 Å². The van der Waals surface area contributed by atoms with Gasteiger partial charge in [-0.05, 0) is 26.2 Å². The zero-order valence-corrected chi connectivity index (χ0v) is 19.3. The molecule has 33 heavy (non-hydrogen) atoms. The summed E-state index contributed by atoms with van der Waals surface area (Å²) in [7, 11) is 0. The van der Waals surface area contributed by atoms with Crippen LogP contribution in [0.2, 0.25) is 0 Å². The van der Waals surface area contributed by atoms with Crippen molar-refractivity contribution in [1.29, 1.82) is 0 Å². The number of unbranched alkanes of at least 4 members (excludes halogenated alkanes) is 2. The van der Waals surface area contributed by atoms with Gasteiger partial charge in [-0.25, -0.2) is 18.6 Å². The first kappa shape index (κ1) is 28.1. The third-order valence-electron chi connectivity index (χ3n) is 4.78. The molecule has 0 saturated carbocycles. The quantitative estimate of drug-likeness (QED) is 0.0608. The van der Waals surface area contributed by atoms with Crippen LogP contribution in [0.3, 0.4) is 0 Å². The van der Waals surface area contributed by atoms with Gasteiger partial charge >= 0.3 is 11.7 Å². The molecule has 0 saturated heterocycles. The van der Waals surface area contributed by atoms with Crippen LogP contribution in [-0.2, 0) is 9.53 Å². The van der Waals surface area contributed by atoms with Gasteiger partial charge in [0.1, 0.15) is 17.0 Å². The third kappa shape index (κ3) is 7.28. The van der Waals surface area contributed by atoms with Crippen molar-refractivity contribution >= 4 is 17.4 Å². The maximum Gasteiger partial charge on any atom is 0.343 e. The fourth-order valence-electron chi connectivity index (χ4n) is 2.86. The summed E-state index contributed by atoms with van der Waals surface area (Å²) >= 11 is 0. The minimum Gasteiger partial charge on any atom is -0.462 e. The highest BCUT2D eigenvalue weighted by Crippen LogP contribution is 2.32. The minimum atomic E-state index is -1.98. The van der Waals surface area contributed by atoms with E-state index >= 15 is 0 Å². The number of nitrogens with one attached hydrogen (secondary N) is 1. The van der Waals surface area contributed by atoms with Gasteiger partial charge in [0, 0.05) is 24.9 Å². The van der Waals surface area contributed by atoms with Gasteiger partial charge in [0.05, 0.1) is 11.5 Å². The molecule has 184 valence electrons. The van der Waals surface area contributed by atoms with E-state index in [9.17, 15) is 32.9 Å². The average molecular weight is 473 g/mol. The first-order valence-corrected chi connectivity index (χ1v) is 10.9. The number of carbonyl (C=O) groups excluding carboxylic acids is 2. The van der Waals surface area contributed by atoms with Crippen LogP contribution in [0.25, 0.3) is 0 Å². The summed E-state index contributed by atoms with van der Waals surface area (Å²) in [5.41, 5.74) is -1.91. The van der Waals surface area contributed by atoms with Crippen LogP contribution in [-0.4, -0.2) is 41.4 Å². The second-order valence-corrected chi connectivity index (χ2v) is 7.39. The van der Waals surface area contributed by atoms with E-state index < -0.39 is 56.5 Å². The zero-order chi connectivity index (χ0) is 25.1. The summed E-state index contributed by atoms with van der Waals surface area (Å²) in [5.74, 6) is -8.03. The molecular weight excluding hydrogens is 443 g/mol. The number of hydrogen-bond acceptors (Lipinski definition) is 7. The number of Topliss-reactive ketones (excluding diaryl/α,β-unsaturated/α-hetero) is 1. The lowest BCUT2D eigenvalue weighted by atomic mass is 9.98. The van der Waals surface area contributed by atoms with Crippen molar-refractivity contribution in [2.24, 2.45) is 0 Å². The largest absolute Gasteiger partial charge is 0.462 e. The molecule has 11 heteroatoms. The van der Waals surface area contributed by atoms with Crippen LogP contribution >= 0.6 is 0 Å². The number of hydrogen-bond donors (Lipinski definition) is 1. The van der Waals surface area contributed by atoms with Crippen LogP contribution in [0.1, 0.15) is 68.8 Å². The maximum atomic E-state index is 14.8. The number of ether oxygens (including phenoxy) is 1. The van der Waals surface area contributed by atoms with Gasteiger partial charge in [-0.2, -0.15) is 4.39 Å². The molecule has 0 bridgehead atoms. The van der Waals surface area contributed by atoms with Gasteiger partial charge < -0.3 is 10.2 Å². The average Bonchev–Trinajstić information content (AvgIpc) is 2.79. The number of esters is 1. The van der Waals surface area contributed by atoms with Crippen molar-refractivity contribution in [1.82, 2.24) is 10.4 Å². The Kier molecular flexibility index (Phi) is 11.5. The summed E-state index contributed by atoms with van der Waals surface area (Å²) < 4.78 is 47.9. The topological polar surface area (TPSA) is 102 Å². The summed E-state index contributed by atoms with van der Waals surface area (Å²) in [6, 6.07) is 0. The summed E-state index contributed by atoms with van der Waals surface area (Å²) in [5, 5.41) is 13.1. The van der Waals surface area contributed by atoms with Crippen molar-refractivity contribution in [2.75, 3.05) is 19.7 Å². The number of benzene rings is 1. The second-order valence-electron chi connectivity index (χ2n) is 7.39. The first-order chi connectivity index (χ1) is 15.6. The predicted molar refractivity (Wildman–Crippen MR) is 116 cm³/mol. The molecule has 8 nitrogen and oxygen atoms in total. The van der Waals surface area contributed by atoms with E-state index in [-0.39, 0.29) is 6.61 Å². The molecule has 0 spiro atoms. The molecule has 0 heterocycles. The molecule has 0 aliphatic rings. The molecule has 0 unspecified atom stereocenters. The van der Waals surface area contributed by atoms with Crippen molar-refractivity contribution < 1.29 is 32.4 Å². The number of carbonyl (C=O) groups is 2. The molecular formula is C22H30F3N3O5. The summed E-state index contributed by atoms with van der Waals surface area (Å²) in [6.45, 7) is 7.57. The molecule has 0 aliphatic heterocycles. The fraction of sp³-hybridized carbons (Fsp3) is 0.545. The lowest BCUT2D eigenvalue weighted by molar-refractivity contribution is -0.388. The van der Waals surface area contributed by atoms with E-state index in [4.69, 9.17) is 4.74 Å². The lowest BCUT2D eigenvalue weighted by Crippen LogP contribution is -2.37. The lowest BCUT2D eigenvalue weighted by Gasteiger charge is -2.22. The van der Waals surface area contributed by atoms with Gasteiger partial charge in [0.25, 0.3) is 0 Å². The van der Waals surface area contributed by atoms with E-state index in [1.165, 1.54) is 0 Å². The van der Waals surface area contributed by atoms with Crippen LogP contribution in [0.5, 0.6) is 0 Å². The Bertz CT molecular complexity index is 898. The van der Waals surface area contributed by atoms with E-state index in [0.717, 1.165) is 38.8 Å². The van der Waals surface area contributed by atoms with Gasteiger partial charge in [-0.3, -0.25) is 14.9 Å². The highest BCUT2D eigenvalue weighted by Gasteiger charge is 2.37. The zero-order valence-electron chi connectivity index (χ0n) is 19.3. The van der Waals surface area contributed by atoms with Crippen molar-refractivity contribution in [3.63, 3.8) is 0 Å². The number of nitro groups is 1. The van der Waals surface area contributed by atoms with Crippen LogP contribution in [0.15, 0.2) is 11.8 Å². The normalized spacial score (nSPS) is 11.6. The fourth-order valence-corrected chi connectivity index (χ4v) is 2.86. The number of rotatable bonds is 14. The molecule has 0 amide bonds. The van der Waals surface area contributed by atoms with Gasteiger partial charge in [-0.1, -0.05) is 33.6 Å². The SMILES string of the molecule is CCCCN(CCCC)NC=C(C(=O)OCCC)C(=O)c1c(F)c(C)c(F)c(F)c1[N+](=O)[O-]. The van der Waals surface area contributed by atoms with Gasteiger partial charge in [-0.15, -0.1) is 0 Å². The van der Waals surface area contributed by atoms with E-state index in [1.807, 2.05) is 13.8 Å². The first-order valence-electron chi connectivity index (χ1n) is 10.9. The Hall–Kier alpha value is -2.95. The smallest absolute Gasteiger partial charge is 0.343 e. The standard InChI is InChI=1S/C22H30F3N3O5/c1-5-8-10-27(11-9-6-2)26-13-15(22(30)33-12-7-3)21(29)16-17(23)14(4)18(24)19(25)20(16)28(31)32/h13,26H,5-12H2,1-4H3. The van der Waals surface area contributed by atoms with Crippen LogP contribution in [0.4, 0.5) is 18.9 Å². The molecule has 0 aliphatic carbocycles. The highest BCUT2D eigenvalue weighted by atomic mass is 19.2. The Morgan fingerprint density at radius 1 is 1.03 bits per heavy atom. The molecule has 0 fully saturated rings. The highest BCUT2D eigenvalue weighted by molar-refractivity contribution is 6.25. The number of nitro benzene ring substituents is 1. The van der Waals surface area contributed by atoms with Gasteiger partial charge in [0.15, 0.2) is 5.82 Å². The monoisotopic (exact) mass is 473 g/mol. The Morgan fingerprint density at radius 2 is 1.61 bits per heavy atom. The molecule has 0 aromatic heterocycles.